The van der Waals surface area contributed by atoms with Crippen LogP contribution < -0.4 is 0 Å². The van der Waals surface area contributed by atoms with E-state index in [1.165, 1.54) is 4.90 Å². The van der Waals surface area contributed by atoms with Crippen molar-refractivity contribution in [2.75, 3.05) is 26.2 Å². The molecular weight excluding hydrogens is 447 g/mol. The second-order valence-corrected chi connectivity index (χ2v) is 8.44. The number of fused-ring (bicyclic) bond motifs is 2. The molecule has 156 valence electrons. The second-order valence-electron chi connectivity index (χ2n) is 7.65. The molecule has 0 saturated heterocycles. The maximum absolute atomic E-state index is 13.4. The normalized spacial score (nSPS) is 21.8. The Balaban J connectivity index is 1.83. The van der Waals surface area contributed by atoms with Gasteiger partial charge >= 0.3 is 6.18 Å². The molecule has 1 aromatic heterocycles. The number of hydrogen-bond donors (Lipinski definition) is 1. The van der Waals surface area contributed by atoms with Crippen molar-refractivity contribution in [2.45, 2.75) is 32.5 Å². The number of aromatic nitrogens is 1. The van der Waals surface area contributed by atoms with E-state index < -0.39 is 24.7 Å². The van der Waals surface area contributed by atoms with Gasteiger partial charge in [-0.3, -0.25) is 9.69 Å². The Morgan fingerprint density at radius 3 is 2.69 bits per heavy atom. The van der Waals surface area contributed by atoms with Gasteiger partial charge in [0, 0.05) is 36.6 Å². The molecule has 0 unspecified atom stereocenters. The number of hydrogen-bond acceptors (Lipinski definition) is 2. The molecule has 2 aromatic rings. The zero-order valence-corrected chi connectivity index (χ0v) is 17.9. The van der Waals surface area contributed by atoms with Gasteiger partial charge in [0.1, 0.15) is 0 Å². The van der Waals surface area contributed by atoms with Crippen LogP contribution in [-0.4, -0.2) is 59.1 Å². The Hall–Kier alpha value is -1.80. The summed E-state index contributed by atoms with van der Waals surface area (Å²) in [6, 6.07) is 5.41. The lowest BCUT2D eigenvalue weighted by Gasteiger charge is -2.42. The Bertz CT molecular complexity index is 977. The number of amides is 1. The number of halogens is 4. The number of H-pyrrole nitrogens is 1. The molecule has 0 saturated carbocycles. The molecule has 0 bridgehead atoms. The highest BCUT2D eigenvalue weighted by molar-refractivity contribution is 9.10. The topological polar surface area (TPSA) is 39.3 Å². The number of nitrogens with zero attached hydrogens (tertiary/aromatic N) is 2. The quantitative estimate of drug-likeness (QED) is 0.710. The fraction of sp³-hybridized carbons (Fsp3) is 0.476. The van der Waals surface area contributed by atoms with E-state index in [9.17, 15) is 18.0 Å². The summed E-state index contributed by atoms with van der Waals surface area (Å²) >= 11 is 3.53. The molecule has 1 aliphatic carbocycles. The SMILES string of the molecule is CCN(CC)C(=O)[C@@H]1C=C2c3cccc4[nH]c(Br)c(c34)C[C@H]2N(CC(F)(F)F)C1. The third kappa shape index (κ3) is 3.61. The van der Waals surface area contributed by atoms with E-state index in [0.717, 1.165) is 32.2 Å². The standard InChI is InChI=1S/C21H23BrF3N3O/c1-3-27(4-2)20(29)12-8-14-13-6-5-7-16-18(13)15(19(22)26-16)9-17(14)28(10-12)11-21(23,24)25/h5-8,12,17,26H,3-4,9-11H2,1-2H3/t12-,17-/m1/s1. The first-order valence-corrected chi connectivity index (χ1v) is 10.6. The minimum Gasteiger partial charge on any atom is -0.349 e. The third-order valence-corrected chi connectivity index (χ3v) is 6.65. The van der Waals surface area contributed by atoms with Gasteiger partial charge in [0.2, 0.25) is 5.91 Å². The molecule has 1 aliphatic heterocycles. The summed E-state index contributed by atoms with van der Waals surface area (Å²) in [5, 5.41) is 1.03. The minimum absolute atomic E-state index is 0.0797. The molecule has 1 aromatic carbocycles. The van der Waals surface area contributed by atoms with Gasteiger partial charge in [0.05, 0.1) is 17.1 Å². The highest BCUT2D eigenvalue weighted by Gasteiger charge is 2.43. The van der Waals surface area contributed by atoms with Gasteiger partial charge in [0.15, 0.2) is 0 Å². The van der Waals surface area contributed by atoms with E-state index in [4.69, 9.17) is 0 Å². The van der Waals surface area contributed by atoms with Crippen LogP contribution in [0, 0.1) is 5.92 Å². The van der Waals surface area contributed by atoms with E-state index >= 15 is 0 Å². The Labute approximate surface area is 175 Å². The number of aromatic amines is 1. The van der Waals surface area contributed by atoms with Crippen LogP contribution in [-0.2, 0) is 11.2 Å². The molecule has 1 N–H and O–H groups in total. The molecule has 29 heavy (non-hydrogen) atoms. The maximum Gasteiger partial charge on any atom is 0.401 e. The van der Waals surface area contributed by atoms with Crippen LogP contribution in [0.5, 0.6) is 0 Å². The number of nitrogens with one attached hydrogen (secondary N) is 1. The van der Waals surface area contributed by atoms with Crippen molar-refractivity contribution in [1.29, 1.82) is 0 Å². The number of alkyl halides is 3. The van der Waals surface area contributed by atoms with E-state index in [2.05, 4.69) is 20.9 Å². The van der Waals surface area contributed by atoms with Gasteiger partial charge in [-0.15, -0.1) is 0 Å². The average Bonchev–Trinajstić information content (AvgIpc) is 2.98. The van der Waals surface area contributed by atoms with Crippen molar-refractivity contribution < 1.29 is 18.0 Å². The number of carbonyl (C=O) groups is 1. The molecular formula is C21H23BrF3N3O. The zero-order valence-electron chi connectivity index (χ0n) is 16.3. The summed E-state index contributed by atoms with van der Waals surface area (Å²) < 4.78 is 41.0. The van der Waals surface area contributed by atoms with Crippen molar-refractivity contribution in [1.82, 2.24) is 14.8 Å². The summed E-state index contributed by atoms with van der Waals surface area (Å²) in [6.45, 7) is 3.92. The lowest BCUT2D eigenvalue weighted by atomic mass is 9.79. The average molecular weight is 470 g/mol. The first kappa shape index (κ1) is 20.5. The van der Waals surface area contributed by atoms with Crippen LogP contribution >= 0.6 is 15.9 Å². The van der Waals surface area contributed by atoms with E-state index in [1.807, 2.05) is 38.1 Å². The fourth-order valence-electron chi connectivity index (χ4n) is 4.70. The van der Waals surface area contributed by atoms with Gasteiger partial charge in [-0.05, 0) is 59.0 Å². The third-order valence-electron chi connectivity index (χ3n) is 5.97. The first-order chi connectivity index (χ1) is 13.7. The number of rotatable bonds is 4. The van der Waals surface area contributed by atoms with Crippen LogP contribution in [0.4, 0.5) is 13.2 Å². The van der Waals surface area contributed by atoms with Gasteiger partial charge in [0.25, 0.3) is 0 Å². The van der Waals surface area contributed by atoms with Crippen LogP contribution in [0.15, 0.2) is 28.9 Å². The predicted molar refractivity (Wildman–Crippen MR) is 111 cm³/mol. The van der Waals surface area contributed by atoms with Crippen LogP contribution in [0.2, 0.25) is 0 Å². The molecule has 4 nitrogen and oxygen atoms in total. The first-order valence-electron chi connectivity index (χ1n) is 9.84. The summed E-state index contributed by atoms with van der Waals surface area (Å²) in [5.74, 6) is -0.691. The smallest absolute Gasteiger partial charge is 0.349 e. The minimum atomic E-state index is -4.33. The molecule has 0 radical (unpaired) electrons. The highest BCUT2D eigenvalue weighted by Crippen LogP contribution is 2.44. The Morgan fingerprint density at radius 2 is 2.03 bits per heavy atom. The van der Waals surface area contributed by atoms with Crippen molar-refractivity contribution in [3.05, 3.63) is 40.0 Å². The molecule has 2 aliphatic rings. The summed E-state index contributed by atoms with van der Waals surface area (Å²) in [7, 11) is 0. The molecule has 0 fully saturated rings. The molecule has 1 amide bonds. The molecule has 2 atom stereocenters. The van der Waals surface area contributed by atoms with E-state index in [-0.39, 0.29) is 12.5 Å². The monoisotopic (exact) mass is 469 g/mol. The molecule has 0 spiro atoms. The Kier molecular flexibility index (Phi) is 5.27. The summed E-state index contributed by atoms with van der Waals surface area (Å²) in [6.07, 6.45) is -1.94. The van der Waals surface area contributed by atoms with Crippen LogP contribution in [0.3, 0.4) is 0 Å². The van der Waals surface area contributed by atoms with Crippen molar-refractivity contribution in [3.8, 4) is 0 Å². The highest BCUT2D eigenvalue weighted by atomic mass is 79.9. The van der Waals surface area contributed by atoms with Crippen molar-refractivity contribution in [3.63, 3.8) is 0 Å². The molecule has 4 rings (SSSR count). The van der Waals surface area contributed by atoms with Crippen molar-refractivity contribution in [2.24, 2.45) is 5.92 Å². The molecule has 8 heteroatoms. The molecule has 2 heterocycles. The van der Waals surface area contributed by atoms with Gasteiger partial charge in [-0.25, -0.2) is 0 Å². The van der Waals surface area contributed by atoms with Crippen molar-refractivity contribution >= 4 is 38.3 Å². The largest absolute Gasteiger partial charge is 0.401 e. The maximum atomic E-state index is 13.4. The fourth-order valence-corrected chi connectivity index (χ4v) is 5.27. The van der Waals surface area contributed by atoms with E-state index in [1.54, 1.807) is 4.90 Å². The van der Waals surface area contributed by atoms with Gasteiger partial charge < -0.3 is 9.88 Å². The lowest BCUT2D eigenvalue weighted by Crippen LogP contribution is -2.52. The predicted octanol–water partition coefficient (Wildman–Crippen LogP) is 4.60. The van der Waals surface area contributed by atoms with E-state index in [0.29, 0.717) is 19.5 Å². The number of benzene rings is 1. The van der Waals surface area contributed by atoms with Crippen LogP contribution in [0.25, 0.3) is 16.5 Å². The summed E-state index contributed by atoms with van der Waals surface area (Å²) in [5.41, 5.74) is 3.69. The zero-order chi connectivity index (χ0) is 20.9. The summed E-state index contributed by atoms with van der Waals surface area (Å²) in [4.78, 5) is 19.4. The van der Waals surface area contributed by atoms with Crippen LogP contribution in [0.1, 0.15) is 25.0 Å². The van der Waals surface area contributed by atoms with Gasteiger partial charge in [-0.2, -0.15) is 13.2 Å². The lowest BCUT2D eigenvalue weighted by molar-refractivity contribution is -0.153. The van der Waals surface area contributed by atoms with Gasteiger partial charge in [-0.1, -0.05) is 18.2 Å². The number of carbonyl (C=O) groups excluding carboxylic acids is 1. The second kappa shape index (κ2) is 7.47. The Morgan fingerprint density at radius 1 is 1.31 bits per heavy atom.